The maximum absolute atomic E-state index is 11.0. The first kappa shape index (κ1) is 31.1. The Morgan fingerprint density at radius 1 is 0.784 bits per heavy atom. The zero-order valence-corrected chi connectivity index (χ0v) is 23.8. The van der Waals surface area contributed by atoms with Crippen LogP contribution in [-0.2, 0) is 6.54 Å². The number of aliphatic hydroxyl groups is 1. The van der Waals surface area contributed by atoms with E-state index in [1.165, 1.54) is 11.1 Å². The summed E-state index contributed by atoms with van der Waals surface area (Å²) in [6, 6.07) is 28.0. The molecular formula is C29H37Cl3N4O. The van der Waals surface area contributed by atoms with E-state index in [0.717, 1.165) is 55.1 Å². The Labute approximate surface area is 238 Å². The maximum Gasteiger partial charge on any atom is 0.106 e. The largest absolute Gasteiger partial charge is 0.387 e. The van der Waals surface area contributed by atoms with E-state index in [2.05, 4.69) is 100 Å². The number of aromatic nitrogens is 2. The minimum atomic E-state index is -0.512. The van der Waals surface area contributed by atoms with Gasteiger partial charge in [-0.2, -0.15) is 0 Å². The molecular weight excluding hydrogens is 527 g/mol. The molecule has 1 aliphatic rings. The molecule has 1 aromatic heterocycles. The first-order chi connectivity index (χ1) is 16.6. The van der Waals surface area contributed by atoms with Crippen LogP contribution in [0.2, 0.25) is 0 Å². The summed E-state index contributed by atoms with van der Waals surface area (Å²) in [7, 11) is 0. The van der Waals surface area contributed by atoms with Crippen molar-refractivity contribution in [2.75, 3.05) is 32.7 Å². The highest BCUT2D eigenvalue weighted by molar-refractivity contribution is 5.86. The molecule has 0 spiro atoms. The first-order valence-corrected chi connectivity index (χ1v) is 12.3. The molecule has 1 unspecified atom stereocenters. The number of piperazine rings is 1. The van der Waals surface area contributed by atoms with Crippen LogP contribution in [-0.4, -0.2) is 57.2 Å². The van der Waals surface area contributed by atoms with Crippen LogP contribution in [0.1, 0.15) is 41.6 Å². The Kier molecular flexibility index (Phi) is 11.9. The van der Waals surface area contributed by atoms with E-state index in [-0.39, 0.29) is 43.3 Å². The lowest BCUT2D eigenvalue weighted by atomic mass is 9.96. The Hall–Kier alpha value is -2.12. The number of halogens is 3. The fraction of sp³-hybridized carbons (Fsp3) is 0.345. The van der Waals surface area contributed by atoms with Gasteiger partial charge in [0.15, 0.2) is 0 Å². The summed E-state index contributed by atoms with van der Waals surface area (Å²) in [5.74, 6) is 1.02. The van der Waals surface area contributed by atoms with Crippen molar-refractivity contribution < 1.29 is 5.11 Å². The lowest BCUT2D eigenvalue weighted by Crippen LogP contribution is -2.48. The normalized spacial score (nSPS) is 15.0. The third kappa shape index (κ3) is 6.85. The average Bonchev–Trinajstić information content (AvgIpc) is 3.20. The number of imidazole rings is 1. The van der Waals surface area contributed by atoms with Gasteiger partial charge < -0.3 is 9.67 Å². The van der Waals surface area contributed by atoms with Gasteiger partial charge in [0.05, 0.1) is 23.2 Å². The van der Waals surface area contributed by atoms with E-state index in [9.17, 15) is 5.11 Å². The number of benzene rings is 3. The smallest absolute Gasteiger partial charge is 0.106 e. The van der Waals surface area contributed by atoms with Crippen LogP contribution in [0.3, 0.4) is 0 Å². The van der Waals surface area contributed by atoms with E-state index < -0.39 is 6.10 Å². The number of aryl methyl sites for hydroxylation is 2. The summed E-state index contributed by atoms with van der Waals surface area (Å²) in [6.07, 6.45) is -0.512. The van der Waals surface area contributed by atoms with Gasteiger partial charge in [0.25, 0.3) is 0 Å². The molecule has 0 bridgehead atoms. The molecule has 1 aliphatic heterocycles. The summed E-state index contributed by atoms with van der Waals surface area (Å²) in [4.78, 5) is 9.64. The van der Waals surface area contributed by atoms with Gasteiger partial charge in [-0.05, 0) is 42.7 Å². The third-order valence-electron chi connectivity index (χ3n) is 7.10. The molecule has 0 saturated carbocycles. The van der Waals surface area contributed by atoms with Gasteiger partial charge in [-0.25, -0.2) is 4.98 Å². The molecule has 4 aromatic rings. The van der Waals surface area contributed by atoms with Crippen LogP contribution in [0.25, 0.3) is 11.0 Å². The Balaban J connectivity index is 0.00000160. The molecule has 2 heterocycles. The summed E-state index contributed by atoms with van der Waals surface area (Å²) in [5.41, 5.74) is 5.71. The maximum atomic E-state index is 11.0. The van der Waals surface area contributed by atoms with Gasteiger partial charge in [0.1, 0.15) is 5.82 Å². The molecule has 1 N–H and O–H groups in total. The molecule has 5 nitrogen and oxygen atoms in total. The van der Waals surface area contributed by atoms with Crippen molar-refractivity contribution >= 4 is 48.3 Å². The van der Waals surface area contributed by atoms with E-state index in [4.69, 9.17) is 4.98 Å². The van der Waals surface area contributed by atoms with Crippen molar-refractivity contribution in [1.29, 1.82) is 0 Å². The Morgan fingerprint density at radius 2 is 1.35 bits per heavy atom. The van der Waals surface area contributed by atoms with Crippen LogP contribution in [0, 0.1) is 6.92 Å². The number of nitrogens with zero attached hydrogens (tertiary/aromatic N) is 4. The van der Waals surface area contributed by atoms with Crippen LogP contribution >= 0.6 is 37.2 Å². The van der Waals surface area contributed by atoms with Crippen molar-refractivity contribution in [1.82, 2.24) is 19.4 Å². The van der Waals surface area contributed by atoms with Crippen molar-refractivity contribution in [2.24, 2.45) is 0 Å². The summed E-state index contributed by atoms with van der Waals surface area (Å²) in [5, 5.41) is 11.0. The monoisotopic (exact) mass is 562 g/mol. The molecule has 3 aromatic carbocycles. The molecule has 5 rings (SSSR count). The van der Waals surface area contributed by atoms with Gasteiger partial charge in [-0.1, -0.05) is 66.7 Å². The van der Waals surface area contributed by atoms with Crippen molar-refractivity contribution in [2.45, 2.75) is 32.5 Å². The number of aliphatic hydroxyl groups excluding tert-OH is 1. The Morgan fingerprint density at radius 3 is 1.89 bits per heavy atom. The molecule has 0 amide bonds. The first-order valence-electron chi connectivity index (χ1n) is 12.3. The van der Waals surface area contributed by atoms with Crippen LogP contribution in [0.15, 0.2) is 78.9 Å². The third-order valence-corrected chi connectivity index (χ3v) is 7.10. The Bertz CT molecular complexity index is 1190. The van der Waals surface area contributed by atoms with Crippen molar-refractivity contribution in [3.8, 4) is 0 Å². The van der Waals surface area contributed by atoms with Gasteiger partial charge in [0, 0.05) is 39.3 Å². The summed E-state index contributed by atoms with van der Waals surface area (Å²) >= 11 is 0. The van der Waals surface area contributed by atoms with Crippen molar-refractivity contribution in [3.05, 3.63) is 101 Å². The number of fused-ring (bicyclic) bond motifs is 1. The van der Waals surface area contributed by atoms with Crippen molar-refractivity contribution in [3.63, 3.8) is 0 Å². The molecule has 1 fully saturated rings. The topological polar surface area (TPSA) is 44.5 Å². The van der Waals surface area contributed by atoms with Crippen LogP contribution in [0.4, 0.5) is 0 Å². The average molecular weight is 564 g/mol. The fourth-order valence-corrected chi connectivity index (χ4v) is 5.31. The van der Waals surface area contributed by atoms with Gasteiger partial charge >= 0.3 is 0 Å². The highest BCUT2D eigenvalue weighted by Gasteiger charge is 2.27. The zero-order chi connectivity index (χ0) is 23.5. The predicted molar refractivity (Wildman–Crippen MR) is 160 cm³/mol. The molecule has 1 saturated heterocycles. The lowest BCUT2D eigenvalue weighted by molar-refractivity contribution is 0.0623. The van der Waals surface area contributed by atoms with Gasteiger partial charge in [0.2, 0.25) is 0 Å². The van der Waals surface area contributed by atoms with E-state index in [0.29, 0.717) is 6.54 Å². The quantitative estimate of drug-likeness (QED) is 0.296. The lowest BCUT2D eigenvalue weighted by Gasteiger charge is -2.40. The number of rotatable bonds is 7. The van der Waals surface area contributed by atoms with E-state index in [1.54, 1.807) is 0 Å². The van der Waals surface area contributed by atoms with Gasteiger partial charge in [-0.3, -0.25) is 9.80 Å². The molecule has 37 heavy (non-hydrogen) atoms. The molecule has 200 valence electrons. The SMILES string of the molecule is CCn1c(C)nc2cc(C(O)CN3CCN(C(c4ccccc4)c4ccccc4)CC3)ccc21.Cl.Cl.Cl. The van der Waals surface area contributed by atoms with Crippen LogP contribution < -0.4 is 0 Å². The fourth-order valence-electron chi connectivity index (χ4n) is 5.31. The standard InChI is InChI=1S/C29H34N4O.3ClH/c1-3-33-22(2)30-26-20-25(14-15-27(26)33)28(34)21-31-16-18-32(19-17-31)29(23-10-6-4-7-11-23)24-12-8-5-9-13-24;;;/h4-15,20,28-29,34H,3,16-19,21H2,1-2H3;3*1H. The van der Waals surface area contributed by atoms with Crippen LogP contribution in [0.5, 0.6) is 0 Å². The minimum Gasteiger partial charge on any atom is -0.387 e. The number of β-amino-alcohol motifs (C(OH)–C–C–N with tert-alkyl or cyclic N) is 1. The van der Waals surface area contributed by atoms with E-state index in [1.807, 2.05) is 6.92 Å². The molecule has 8 heteroatoms. The van der Waals surface area contributed by atoms with E-state index >= 15 is 0 Å². The number of hydrogen-bond donors (Lipinski definition) is 1. The molecule has 1 atom stereocenters. The number of hydrogen-bond acceptors (Lipinski definition) is 4. The van der Waals surface area contributed by atoms with Gasteiger partial charge in [-0.15, -0.1) is 37.2 Å². The molecule has 0 aliphatic carbocycles. The second-order valence-electron chi connectivity index (χ2n) is 9.23. The second-order valence-corrected chi connectivity index (χ2v) is 9.23. The zero-order valence-electron chi connectivity index (χ0n) is 21.4. The summed E-state index contributed by atoms with van der Waals surface area (Å²) < 4.78 is 2.21. The highest BCUT2D eigenvalue weighted by atomic mass is 35.5. The predicted octanol–water partition coefficient (Wildman–Crippen LogP) is 6.07. The minimum absolute atomic E-state index is 0. The highest BCUT2D eigenvalue weighted by Crippen LogP contribution is 2.30. The molecule has 0 radical (unpaired) electrons. The summed E-state index contributed by atoms with van der Waals surface area (Å²) in [6.45, 7) is 9.56. The second kappa shape index (κ2) is 14.1.